The Labute approximate surface area is 203 Å². The summed E-state index contributed by atoms with van der Waals surface area (Å²) in [6, 6.07) is 20.2. The van der Waals surface area contributed by atoms with Crippen LogP contribution in [0.1, 0.15) is 34.5 Å². The van der Waals surface area contributed by atoms with Gasteiger partial charge in [0, 0.05) is 6.54 Å². The fourth-order valence-corrected chi connectivity index (χ4v) is 5.83. The number of ether oxygens (including phenoxy) is 1. The van der Waals surface area contributed by atoms with Gasteiger partial charge in [0.2, 0.25) is 0 Å². The minimum atomic E-state index is -4.00. The van der Waals surface area contributed by atoms with Crippen molar-refractivity contribution in [1.29, 1.82) is 0 Å². The summed E-state index contributed by atoms with van der Waals surface area (Å²) >= 11 is 6.21. The molecule has 0 saturated heterocycles. The van der Waals surface area contributed by atoms with Gasteiger partial charge in [-0.15, -0.1) is 0 Å². The molecule has 4 rings (SSSR count). The van der Waals surface area contributed by atoms with Gasteiger partial charge in [-0.25, -0.2) is 13.2 Å². The molecule has 0 spiro atoms. The highest BCUT2D eigenvalue weighted by Crippen LogP contribution is 2.35. The van der Waals surface area contributed by atoms with Crippen LogP contribution in [-0.2, 0) is 26.0 Å². The van der Waals surface area contributed by atoms with E-state index >= 15 is 0 Å². The van der Waals surface area contributed by atoms with Crippen LogP contribution in [-0.4, -0.2) is 33.4 Å². The number of halogens is 1. The SMILES string of the molecule is C[C@H](NC(=O)COC(=O)c1ccc(Cl)c(S(=O)(=O)N2CCc3ccccc32)c1)c1ccccc1. The maximum Gasteiger partial charge on any atom is 0.338 e. The zero-order valence-electron chi connectivity index (χ0n) is 18.4. The van der Waals surface area contributed by atoms with Crippen LogP contribution >= 0.6 is 11.6 Å². The third-order valence-electron chi connectivity index (χ3n) is 5.59. The highest BCUT2D eigenvalue weighted by atomic mass is 35.5. The van der Waals surface area contributed by atoms with Gasteiger partial charge in [0.15, 0.2) is 6.61 Å². The van der Waals surface area contributed by atoms with Crippen LogP contribution in [0.25, 0.3) is 0 Å². The first-order chi connectivity index (χ1) is 16.3. The van der Waals surface area contributed by atoms with Gasteiger partial charge in [-0.3, -0.25) is 9.10 Å². The molecule has 1 heterocycles. The van der Waals surface area contributed by atoms with Crippen molar-refractivity contribution in [2.45, 2.75) is 24.3 Å². The van der Waals surface area contributed by atoms with Crippen LogP contribution in [0.2, 0.25) is 5.02 Å². The van der Waals surface area contributed by atoms with E-state index in [0.717, 1.165) is 11.1 Å². The lowest BCUT2D eigenvalue weighted by Crippen LogP contribution is -2.31. The second-order valence-electron chi connectivity index (χ2n) is 7.88. The number of nitrogens with zero attached hydrogens (tertiary/aromatic N) is 1. The van der Waals surface area contributed by atoms with Crippen molar-refractivity contribution >= 4 is 39.2 Å². The summed E-state index contributed by atoms with van der Waals surface area (Å²) in [5.74, 6) is -1.29. The van der Waals surface area contributed by atoms with Crippen LogP contribution in [0.15, 0.2) is 77.7 Å². The molecule has 1 aliphatic rings. The van der Waals surface area contributed by atoms with Crippen LogP contribution in [0, 0.1) is 0 Å². The van der Waals surface area contributed by atoms with E-state index in [2.05, 4.69) is 5.32 Å². The molecular formula is C25H23ClN2O5S. The number of hydrogen-bond acceptors (Lipinski definition) is 5. The molecule has 0 fully saturated rings. The number of esters is 1. The first kappa shape index (κ1) is 23.8. The standard InChI is InChI=1S/C25H23ClN2O5S/c1-17(18-7-3-2-4-8-18)27-24(29)16-33-25(30)20-11-12-21(26)23(15-20)34(31,32)28-14-13-19-9-5-6-10-22(19)28/h2-12,15,17H,13-14,16H2,1H3,(H,27,29)/t17-/m0/s1. The molecule has 7 nitrogen and oxygen atoms in total. The molecule has 0 saturated carbocycles. The lowest BCUT2D eigenvalue weighted by Gasteiger charge is -2.20. The average Bonchev–Trinajstić information content (AvgIpc) is 3.28. The smallest absolute Gasteiger partial charge is 0.338 e. The molecule has 34 heavy (non-hydrogen) atoms. The van der Waals surface area contributed by atoms with Gasteiger partial charge in [0.05, 0.1) is 22.3 Å². The van der Waals surface area contributed by atoms with E-state index in [4.69, 9.17) is 16.3 Å². The molecule has 1 aliphatic heterocycles. The minimum absolute atomic E-state index is 0.00430. The zero-order valence-corrected chi connectivity index (χ0v) is 20.0. The Morgan fingerprint density at radius 3 is 2.53 bits per heavy atom. The largest absolute Gasteiger partial charge is 0.452 e. The first-order valence-electron chi connectivity index (χ1n) is 10.7. The van der Waals surface area contributed by atoms with Gasteiger partial charge in [-0.05, 0) is 48.7 Å². The summed E-state index contributed by atoms with van der Waals surface area (Å²) < 4.78 is 33.1. The normalized spacial score (nSPS) is 13.8. The summed E-state index contributed by atoms with van der Waals surface area (Å²) in [7, 11) is -4.00. The fraction of sp³-hybridized carbons (Fsp3) is 0.200. The zero-order chi connectivity index (χ0) is 24.3. The predicted octanol–water partition coefficient (Wildman–Crippen LogP) is 4.13. The van der Waals surface area contributed by atoms with Crippen molar-refractivity contribution in [3.8, 4) is 0 Å². The number of fused-ring (bicyclic) bond motifs is 1. The number of carbonyl (C=O) groups is 2. The molecule has 1 N–H and O–H groups in total. The summed E-state index contributed by atoms with van der Waals surface area (Å²) in [5.41, 5.74) is 2.42. The Morgan fingerprint density at radius 2 is 1.76 bits per heavy atom. The van der Waals surface area contributed by atoms with Crippen molar-refractivity contribution < 1.29 is 22.7 Å². The Morgan fingerprint density at radius 1 is 1.06 bits per heavy atom. The monoisotopic (exact) mass is 498 g/mol. The molecule has 9 heteroatoms. The maximum absolute atomic E-state index is 13.3. The van der Waals surface area contributed by atoms with Gasteiger partial charge >= 0.3 is 5.97 Å². The molecule has 0 aliphatic carbocycles. The van der Waals surface area contributed by atoms with Crippen LogP contribution in [0.4, 0.5) is 5.69 Å². The summed E-state index contributed by atoms with van der Waals surface area (Å²) in [5, 5.41) is 2.75. The van der Waals surface area contributed by atoms with E-state index in [0.29, 0.717) is 12.1 Å². The number of hydrogen-bond donors (Lipinski definition) is 1. The van der Waals surface area contributed by atoms with E-state index in [9.17, 15) is 18.0 Å². The molecule has 176 valence electrons. The van der Waals surface area contributed by atoms with E-state index in [-0.39, 0.29) is 28.1 Å². The first-order valence-corrected chi connectivity index (χ1v) is 12.5. The number of nitrogens with one attached hydrogen (secondary N) is 1. The lowest BCUT2D eigenvalue weighted by molar-refractivity contribution is -0.124. The second kappa shape index (κ2) is 9.87. The summed E-state index contributed by atoms with van der Waals surface area (Å²) in [4.78, 5) is 24.6. The van der Waals surface area contributed by atoms with Crippen LogP contribution in [0.5, 0.6) is 0 Å². The second-order valence-corrected chi connectivity index (χ2v) is 10.1. The van der Waals surface area contributed by atoms with Gasteiger partial charge in [0.1, 0.15) is 4.90 Å². The maximum atomic E-state index is 13.3. The number of rotatable bonds is 7. The van der Waals surface area contributed by atoms with Gasteiger partial charge in [-0.2, -0.15) is 0 Å². The van der Waals surface area contributed by atoms with Crippen molar-refractivity contribution in [3.63, 3.8) is 0 Å². The molecule has 1 atom stereocenters. The number of para-hydroxylation sites is 1. The number of benzene rings is 3. The van der Waals surface area contributed by atoms with E-state index < -0.39 is 28.5 Å². The molecule has 3 aromatic carbocycles. The summed E-state index contributed by atoms with van der Waals surface area (Å²) in [6.45, 7) is 1.61. The number of carbonyl (C=O) groups excluding carboxylic acids is 2. The van der Waals surface area contributed by atoms with Crippen molar-refractivity contribution in [2.75, 3.05) is 17.5 Å². The molecule has 0 aromatic heterocycles. The van der Waals surface area contributed by atoms with Crippen LogP contribution < -0.4 is 9.62 Å². The van der Waals surface area contributed by atoms with Crippen LogP contribution in [0.3, 0.4) is 0 Å². The lowest BCUT2D eigenvalue weighted by atomic mass is 10.1. The Kier molecular flexibility index (Phi) is 6.90. The molecule has 1 amide bonds. The van der Waals surface area contributed by atoms with E-state index in [1.165, 1.54) is 22.5 Å². The third kappa shape index (κ3) is 4.93. The Balaban J connectivity index is 1.45. The van der Waals surface area contributed by atoms with E-state index in [1.807, 2.05) is 49.4 Å². The molecular weight excluding hydrogens is 476 g/mol. The summed E-state index contributed by atoms with van der Waals surface area (Å²) in [6.07, 6.45) is 0.589. The number of sulfonamides is 1. The van der Waals surface area contributed by atoms with Crippen molar-refractivity contribution in [3.05, 3.63) is 94.5 Å². The third-order valence-corrected chi connectivity index (χ3v) is 7.89. The molecule has 0 unspecified atom stereocenters. The fourth-order valence-electron chi connectivity index (χ4n) is 3.83. The Hall–Kier alpha value is -3.36. The Bertz CT molecular complexity index is 1330. The predicted molar refractivity (Wildman–Crippen MR) is 129 cm³/mol. The highest BCUT2D eigenvalue weighted by Gasteiger charge is 2.32. The number of anilines is 1. The van der Waals surface area contributed by atoms with Crippen molar-refractivity contribution in [1.82, 2.24) is 5.32 Å². The highest BCUT2D eigenvalue weighted by molar-refractivity contribution is 7.93. The van der Waals surface area contributed by atoms with Gasteiger partial charge in [-0.1, -0.05) is 60.1 Å². The average molecular weight is 499 g/mol. The quantitative estimate of drug-likeness (QED) is 0.494. The molecule has 0 bridgehead atoms. The van der Waals surface area contributed by atoms with Gasteiger partial charge in [0.25, 0.3) is 15.9 Å². The minimum Gasteiger partial charge on any atom is -0.452 e. The topological polar surface area (TPSA) is 92.8 Å². The van der Waals surface area contributed by atoms with E-state index in [1.54, 1.807) is 12.1 Å². The van der Waals surface area contributed by atoms with Crippen molar-refractivity contribution in [2.24, 2.45) is 0 Å². The molecule has 3 aromatic rings. The van der Waals surface area contributed by atoms with Gasteiger partial charge < -0.3 is 10.1 Å². The number of amides is 1. The molecule has 0 radical (unpaired) electrons.